The zero-order valence-electron chi connectivity index (χ0n) is 16.6. The van der Waals surface area contributed by atoms with E-state index in [1.807, 2.05) is 42.5 Å². The van der Waals surface area contributed by atoms with Gasteiger partial charge in [-0.2, -0.15) is 0 Å². The van der Waals surface area contributed by atoms with Crippen LogP contribution in [-0.2, 0) is 4.74 Å². The van der Waals surface area contributed by atoms with Crippen molar-refractivity contribution in [2.75, 3.05) is 12.4 Å². The van der Waals surface area contributed by atoms with Gasteiger partial charge in [0.15, 0.2) is 0 Å². The van der Waals surface area contributed by atoms with E-state index in [0.29, 0.717) is 26.9 Å². The summed E-state index contributed by atoms with van der Waals surface area (Å²) < 4.78 is 10.5. The van der Waals surface area contributed by atoms with Crippen molar-refractivity contribution in [2.24, 2.45) is 0 Å². The fourth-order valence-electron chi connectivity index (χ4n) is 2.83. The lowest BCUT2D eigenvalue weighted by molar-refractivity contribution is 0.0600. The molecule has 0 radical (unpaired) electrons. The number of para-hydroxylation sites is 1. The smallest absolute Gasteiger partial charge is 0.337 e. The number of methoxy groups -OCH3 is 1. The van der Waals surface area contributed by atoms with E-state index in [2.05, 4.69) is 10.3 Å². The Bertz CT molecular complexity index is 1200. The molecular weight excluding hydrogens is 412 g/mol. The molecule has 4 aromatic rings. The van der Waals surface area contributed by atoms with Crippen molar-refractivity contribution in [3.8, 4) is 22.1 Å². The van der Waals surface area contributed by atoms with E-state index in [-0.39, 0.29) is 5.91 Å². The van der Waals surface area contributed by atoms with Gasteiger partial charge in [-0.25, -0.2) is 9.78 Å². The van der Waals surface area contributed by atoms with E-state index in [1.54, 1.807) is 36.4 Å². The number of esters is 1. The largest absolute Gasteiger partial charge is 0.465 e. The summed E-state index contributed by atoms with van der Waals surface area (Å²) in [4.78, 5) is 29.0. The highest BCUT2D eigenvalue weighted by Crippen LogP contribution is 2.27. The lowest BCUT2D eigenvalue weighted by Gasteiger charge is -2.08. The third-order valence-electron chi connectivity index (χ3n) is 4.35. The molecule has 1 amide bonds. The Morgan fingerprint density at radius 3 is 2.39 bits per heavy atom. The third-order valence-corrected chi connectivity index (χ3v) is 5.40. The summed E-state index contributed by atoms with van der Waals surface area (Å²) in [5.41, 5.74) is 1.89. The van der Waals surface area contributed by atoms with Crippen molar-refractivity contribution in [3.05, 3.63) is 95.5 Å². The minimum absolute atomic E-state index is 0.258. The van der Waals surface area contributed by atoms with E-state index in [9.17, 15) is 9.59 Å². The summed E-state index contributed by atoms with van der Waals surface area (Å²) in [6, 6.07) is 23.5. The van der Waals surface area contributed by atoms with Crippen LogP contribution in [0.25, 0.3) is 10.6 Å². The average Bonchev–Trinajstić information content (AvgIpc) is 3.30. The van der Waals surface area contributed by atoms with Gasteiger partial charge < -0.3 is 14.8 Å². The summed E-state index contributed by atoms with van der Waals surface area (Å²) in [5.74, 6) is 0.687. The fourth-order valence-corrected chi connectivity index (χ4v) is 3.65. The molecule has 1 aromatic heterocycles. The molecule has 6 nitrogen and oxygen atoms in total. The van der Waals surface area contributed by atoms with Crippen LogP contribution < -0.4 is 10.1 Å². The number of amides is 1. The minimum Gasteiger partial charge on any atom is -0.465 e. The molecule has 0 saturated carbocycles. The monoisotopic (exact) mass is 430 g/mol. The Morgan fingerprint density at radius 2 is 1.65 bits per heavy atom. The van der Waals surface area contributed by atoms with E-state index in [4.69, 9.17) is 9.47 Å². The predicted molar refractivity (Wildman–Crippen MR) is 120 cm³/mol. The number of carbonyl (C=O) groups is 2. The van der Waals surface area contributed by atoms with Crippen LogP contribution >= 0.6 is 11.3 Å². The molecule has 7 heteroatoms. The fraction of sp³-hybridized carbons (Fsp3) is 0.0417. The Labute approximate surface area is 183 Å². The summed E-state index contributed by atoms with van der Waals surface area (Å²) in [5, 5.41) is 3.55. The number of hydrogen-bond acceptors (Lipinski definition) is 6. The normalized spacial score (nSPS) is 10.4. The van der Waals surface area contributed by atoms with E-state index in [1.165, 1.54) is 24.6 Å². The topological polar surface area (TPSA) is 77.5 Å². The second-order valence-electron chi connectivity index (χ2n) is 6.50. The maximum Gasteiger partial charge on any atom is 0.337 e. The zero-order valence-corrected chi connectivity index (χ0v) is 17.4. The van der Waals surface area contributed by atoms with Gasteiger partial charge in [0, 0.05) is 17.3 Å². The number of thiazole rings is 1. The Hall–Kier alpha value is -3.97. The van der Waals surface area contributed by atoms with Crippen molar-refractivity contribution in [2.45, 2.75) is 0 Å². The molecule has 4 rings (SSSR count). The maximum absolute atomic E-state index is 12.7. The van der Waals surface area contributed by atoms with Crippen molar-refractivity contribution in [3.63, 3.8) is 0 Å². The Balaban J connectivity index is 1.44. The van der Waals surface area contributed by atoms with Crippen LogP contribution in [0.2, 0.25) is 0 Å². The van der Waals surface area contributed by atoms with Crippen LogP contribution in [0.5, 0.6) is 11.5 Å². The van der Waals surface area contributed by atoms with Crippen LogP contribution in [-0.4, -0.2) is 24.0 Å². The van der Waals surface area contributed by atoms with E-state index < -0.39 is 5.97 Å². The van der Waals surface area contributed by atoms with Gasteiger partial charge in [-0.1, -0.05) is 36.4 Å². The Morgan fingerprint density at radius 1 is 0.903 bits per heavy atom. The summed E-state index contributed by atoms with van der Waals surface area (Å²) >= 11 is 1.27. The minimum atomic E-state index is -0.399. The number of carbonyl (C=O) groups excluding carboxylic acids is 2. The summed E-state index contributed by atoms with van der Waals surface area (Å²) in [7, 11) is 1.34. The number of benzene rings is 3. The first-order valence-corrected chi connectivity index (χ1v) is 10.2. The molecule has 0 unspecified atom stereocenters. The molecule has 1 heterocycles. The third kappa shape index (κ3) is 4.96. The molecule has 154 valence electrons. The maximum atomic E-state index is 12.7. The molecule has 3 aromatic carbocycles. The van der Waals surface area contributed by atoms with Crippen LogP contribution in [0.3, 0.4) is 0 Å². The molecule has 31 heavy (non-hydrogen) atoms. The lowest BCUT2D eigenvalue weighted by Crippen LogP contribution is -2.10. The second-order valence-corrected chi connectivity index (χ2v) is 7.53. The van der Waals surface area contributed by atoms with Gasteiger partial charge in [-0.15, -0.1) is 11.3 Å². The highest BCUT2D eigenvalue weighted by molar-refractivity contribution is 7.17. The average molecular weight is 430 g/mol. The van der Waals surface area contributed by atoms with Gasteiger partial charge in [0.25, 0.3) is 5.91 Å². The van der Waals surface area contributed by atoms with Gasteiger partial charge in [-0.05, 0) is 36.4 Å². The number of aromatic nitrogens is 1. The van der Waals surface area contributed by atoms with Crippen molar-refractivity contribution < 1.29 is 19.1 Å². The standard InChI is InChI=1S/C24H18N2O4S/c1-29-24(28)17-12-10-16(11-13-17)23-25-15-21(31-23)22(27)26-18-6-5-9-20(14-18)30-19-7-3-2-4-8-19/h2-15H,1H3,(H,26,27). The van der Waals surface area contributed by atoms with E-state index in [0.717, 1.165) is 11.3 Å². The highest BCUT2D eigenvalue weighted by atomic mass is 32.1. The highest BCUT2D eigenvalue weighted by Gasteiger charge is 2.13. The van der Waals surface area contributed by atoms with Crippen molar-refractivity contribution in [1.29, 1.82) is 0 Å². The summed E-state index contributed by atoms with van der Waals surface area (Å²) in [6.45, 7) is 0. The number of hydrogen-bond donors (Lipinski definition) is 1. The Kier molecular flexibility index (Phi) is 6.05. The zero-order chi connectivity index (χ0) is 21.6. The first-order valence-electron chi connectivity index (χ1n) is 9.41. The number of anilines is 1. The molecule has 0 atom stereocenters. The number of ether oxygens (including phenoxy) is 2. The molecule has 0 spiro atoms. The predicted octanol–water partition coefficient (Wildman–Crippen LogP) is 5.64. The number of nitrogens with one attached hydrogen (secondary N) is 1. The molecule has 1 N–H and O–H groups in total. The van der Waals surface area contributed by atoms with Crippen LogP contribution in [0.4, 0.5) is 5.69 Å². The van der Waals surface area contributed by atoms with Crippen LogP contribution in [0, 0.1) is 0 Å². The molecular formula is C24H18N2O4S. The first kappa shape index (κ1) is 20.3. The molecule has 0 fully saturated rings. The molecule has 0 bridgehead atoms. The van der Waals surface area contributed by atoms with Gasteiger partial charge in [0.05, 0.1) is 18.9 Å². The molecule has 0 aliphatic heterocycles. The summed E-state index contributed by atoms with van der Waals surface area (Å²) in [6.07, 6.45) is 1.54. The first-order chi connectivity index (χ1) is 15.1. The SMILES string of the molecule is COC(=O)c1ccc(-c2ncc(C(=O)Nc3cccc(Oc4ccccc4)c3)s2)cc1. The van der Waals surface area contributed by atoms with Gasteiger partial charge in [0.2, 0.25) is 0 Å². The van der Waals surface area contributed by atoms with Crippen LogP contribution in [0.1, 0.15) is 20.0 Å². The van der Waals surface area contributed by atoms with Gasteiger partial charge in [-0.3, -0.25) is 4.79 Å². The molecule has 0 saturated heterocycles. The molecule has 0 aliphatic rings. The number of nitrogens with zero attached hydrogens (tertiary/aromatic N) is 1. The van der Waals surface area contributed by atoms with Gasteiger partial charge >= 0.3 is 5.97 Å². The van der Waals surface area contributed by atoms with Gasteiger partial charge in [0.1, 0.15) is 21.4 Å². The van der Waals surface area contributed by atoms with Crippen molar-refractivity contribution >= 4 is 28.9 Å². The number of rotatable bonds is 6. The van der Waals surface area contributed by atoms with Crippen molar-refractivity contribution in [1.82, 2.24) is 4.98 Å². The molecule has 0 aliphatic carbocycles. The van der Waals surface area contributed by atoms with Crippen LogP contribution in [0.15, 0.2) is 85.1 Å². The second kappa shape index (κ2) is 9.23. The lowest BCUT2D eigenvalue weighted by atomic mass is 10.1. The quantitative estimate of drug-likeness (QED) is 0.401. The van der Waals surface area contributed by atoms with E-state index >= 15 is 0 Å².